The Labute approximate surface area is 181 Å². The van der Waals surface area contributed by atoms with E-state index in [1.54, 1.807) is 6.08 Å². The minimum Gasteiger partial charge on any atom is -0.472 e. The van der Waals surface area contributed by atoms with E-state index in [-0.39, 0.29) is 0 Å². The highest BCUT2D eigenvalue weighted by atomic mass is 19.1. The van der Waals surface area contributed by atoms with Gasteiger partial charge in [0.1, 0.15) is 24.3 Å². The van der Waals surface area contributed by atoms with E-state index >= 15 is 0 Å². The number of nitrogens with one attached hydrogen (secondary N) is 1. The number of rotatable bonds is 6. The van der Waals surface area contributed by atoms with Gasteiger partial charge in [0.2, 0.25) is 5.88 Å². The molecule has 1 saturated carbocycles. The molecule has 0 amide bonds. The molecule has 0 aromatic carbocycles. The standard InChI is InChI=1S/C23H27FN6O/c1-3-20-22-15(14-31-23(20)25-2)13-30(28-22)19-4-5-21(26-12-19)29-8-6-17(7-9-29)27-18-10-16(24)11-18/h3-5,12-13,16-18,27H,1-2,6-11,14H2. The number of ether oxygens (including phenoxy) is 1. The zero-order valence-corrected chi connectivity index (χ0v) is 17.5. The van der Waals surface area contributed by atoms with Crippen LogP contribution in [-0.2, 0) is 11.3 Å². The molecular formula is C23H27FN6O. The van der Waals surface area contributed by atoms with E-state index in [2.05, 4.69) is 33.5 Å². The van der Waals surface area contributed by atoms with Crippen LogP contribution in [0.4, 0.5) is 10.2 Å². The van der Waals surface area contributed by atoms with Gasteiger partial charge in [-0.25, -0.2) is 19.0 Å². The second-order valence-electron chi connectivity index (χ2n) is 8.39. The Morgan fingerprint density at radius 3 is 2.68 bits per heavy atom. The number of hydrogen-bond acceptors (Lipinski definition) is 6. The van der Waals surface area contributed by atoms with E-state index in [0.717, 1.165) is 54.3 Å². The molecule has 0 radical (unpaired) electrons. The molecule has 0 spiro atoms. The van der Waals surface area contributed by atoms with Crippen LogP contribution in [0.25, 0.3) is 11.3 Å². The first-order chi connectivity index (χ1) is 15.1. The summed E-state index contributed by atoms with van der Waals surface area (Å²) < 4.78 is 20.5. The molecule has 2 fully saturated rings. The largest absolute Gasteiger partial charge is 0.472 e. The van der Waals surface area contributed by atoms with Gasteiger partial charge in [-0.05, 0) is 44.5 Å². The molecular weight excluding hydrogens is 395 g/mol. The Hall–Kier alpha value is -3.00. The second kappa shape index (κ2) is 8.26. The first-order valence-corrected chi connectivity index (χ1v) is 10.8. The third kappa shape index (κ3) is 3.87. The summed E-state index contributed by atoms with van der Waals surface area (Å²) in [5.74, 6) is 1.43. The van der Waals surface area contributed by atoms with Crippen LogP contribution < -0.4 is 10.2 Å². The SMILES string of the molecule is C=CC1=C(N=C)OCc2cn(-c3ccc(N4CCC(NC5CC(F)C5)CC4)nc3)nc21. The Balaban J connectivity index is 1.24. The first kappa shape index (κ1) is 19.9. The molecule has 0 bridgehead atoms. The van der Waals surface area contributed by atoms with Gasteiger partial charge in [0, 0.05) is 36.9 Å². The third-order valence-electron chi connectivity index (χ3n) is 6.36. The summed E-state index contributed by atoms with van der Waals surface area (Å²) in [5, 5.41) is 8.30. The number of alkyl halides is 1. The topological polar surface area (TPSA) is 67.6 Å². The maximum absolute atomic E-state index is 13.0. The zero-order valence-electron chi connectivity index (χ0n) is 17.5. The van der Waals surface area contributed by atoms with Crippen LogP contribution in [-0.4, -0.2) is 52.8 Å². The van der Waals surface area contributed by atoms with Crippen molar-refractivity contribution in [1.29, 1.82) is 0 Å². The highest BCUT2D eigenvalue weighted by Crippen LogP contribution is 2.31. The number of allylic oxidation sites excluding steroid dienone is 2. The molecule has 7 nitrogen and oxygen atoms in total. The van der Waals surface area contributed by atoms with Crippen molar-refractivity contribution in [1.82, 2.24) is 20.1 Å². The molecule has 1 saturated heterocycles. The third-order valence-corrected chi connectivity index (χ3v) is 6.36. The summed E-state index contributed by atoms with van der Waals surface area (Å²) in [6, 6.07) is 4.92. The first-order valence-electron chi connectivity index (χ1n) is 10.8. The van der Waals surface area contributed by atoms with Gasteiger partial charge in [0.05, 0.1) is 17.5 Å². The summed E-state index contributed by atoms with van der Waals surface area (Å²) in [5.41, 5.74) is 3.43. The number of anilines is 1. The molecule has 2 aromatic rings. The molecule has 8 heteroatoms. The number of aromatic nitrogens is 3. The van der Waals surface area contributed by atoms with Crippen molar-refractivity contribution >= 4 is 18.1 Å². The molecule has 0 unspecified atom stereocenters. The molecule has 4 heterocycles. The van der Waals surface area contributed by atoms with E-state index in [1.165, 1.54) is 0 Å². The Morgan fingerprint density at radius 2 is 2.03 bits per heavy atom. The molecule has 31 heavy (non-hydrogen) atoms. The number of piperidine rings is 1. The fourth-order valence-corrected chi connectivity index (χ4v) is 4.51. The predicted molar refractivity (Wildman–Crippen MR) is 119 cm³/mol. The number of hydrogen-bond donors (Lipinski definition) is 1. The maximum atomic E-state index is 13.0. The summed E-state index contributed by atoms with van der Waals surface area (Å²) in [6.07, 6.45) is 8.34. The minimum absolute atomic E-state index is 0.365. The Bertz CT molecular complexity index is 1000. The lowest BCUT2D eigenvalue weighted by molar-refractivity contribution is 0.142. The van der Waals surface area contributed by atoms with Crippen molar-refractivity contribution in [3.8, 4) is 5.69 Å². The lowest BCUT2D eigenvalue weighted by atomic mass is 9.89. The molecule has 3 aliphatic rings. The van der Waals surface area contributed by atoms with Gasteiger partial charge in [0.25, 0.3) is 0 Å². The summed E-state index contributed by atoms with van der Waals surface area (Å²) in [7, 11) is 0. The number of pyridine rings is 1. The van der Waals surface area contributed by atoms with E-state index in [1.807, 2.05) is 29.2 Å². The molecule has 2 aromatic heterocycles. The highest BCUT2D eigenvalue weighted by Gasteiger charge is 2.31. The van der Waals surface area contributed by atoms with Crippen molar-refractivity contribution in [3.05, 3.63) is 54.3 Å². The van der Waals surface area contributed by atoms with Crippen molar-refractivity contribution in [2.75, 3.05) is 18.0 Å². The Morgan fingerprint density at radius 1 is 1.23 bits per heavy atom. The van der Waals surface area contributed by atoms with Crippen molar-refractivity contribution in [2.24, 2.45) is 4.99 Å². The lowest BCUT2D eigenvalue weighted by Gasteiger charge is -2.38. The minimum atomic E-state index is -0.603. The molecule has 1 N–H and O–H groups in total. The van der Waals surface area contributed by atoms with Gasteiger partial charge in [-0.3, -0.25) is 0 Å². The highest BCUT2D eigenvalue weighted by molar-refractivity contribution is 5.76. The van der Waals surface area contributed by atoms with Gasteiger partial charge < -0.3 is 15.0 Å². The summed E-state index contributed by atoms with van der Waals surface area (Å²) in [6.45, 7) is 9.71. The average Bonchev–Trinajstić information content (AvgIpc) is 3.22. The van der Waals surface area contributed by atoms with Gasteiger partial charge in [-0.1, -0.05) is 12.7 Å². The van der Waals surface area contributed by atoms with E-state index in [9.17, 15) is 4.39 Å². The Kier molecular flexibility index (Phi) is 5.31. The van der Waals surface area contributed by atoms with Crippen LogP contribution >= 0.6 is 0 Å². The average molecular weight is 423 g/mol. The molecule has 5 rings (SSSR count). The van der Waals surface area contributed by atoms with Crippen molar-refractivity contribution < 1.29 is 9.13 Å². The number of halogens is 1. The summed E-state index contributed by atoms with van der Waals surface area (Å²) >= 11 is 0. The summed E-state index contributed by atoms with van der Waals surface area (Å²) in [4.78, 5) is 10.9. The van der Waals surface area contributed by atoms with E-state index in [4.69, 9.17) is 9.84 Å². The van der Waals surface area contributed by atoms with Crippen LogP contribution in [0.1, 0.15) is 36.9 Å². The molecule has 1 aliphatic carbocycles. The van der Waals surface area contributed by atoms with Crippen LogP contribution in [0.5, 0.6) is 0 Å². The van der Waals surface area contributed by atoms with Crippen LogP contribution in [0.15, 0.2) is 48.1 Å². The zero-order chi connectivity index (χ0) is 21.4. The second-order valence-corrected chi connectivity index (χ2v) is 8.39. The van der Waals surface area contributed by atoms with Gasteiger partial charge >= 0.3 is 0 Å². The molecule has 162 valence electrons. The maximum Gasteiger partial charge on any atom is 0.222 e. The monoisotopic (exact) mass is 422 g/mol. The van der Waals surface area contributed by atoms with Crippen molar-refractivity contribution in [2.45, 2.75) is 50.5 Å². The van der Waals surface area contributed by atoms with Crippen molar-refractivity contribution in [3.63, 3.8) is 0 Å². The fraction of sp³-hybridized carbons (Fsp3) is 0.435. The predicted octanol–water partition coefficient (Wildman–Crippen LogP) is 3.41. The normalized spacial score (nSPS) is 23.7. The van der Waals surface area contributed by atoms with Gasteiger partial charge in [-0.15, -0.1) is 0 Å². The smallest absolute Gasteiger partial charge is 0.222 e. The van der Waals surface area contributed by atoms with Gasteiger partial charge in [-0.2, -0.15) is 5.10 Å². The fourth-order valence-electron chi connectivity index (χ4n) is 4.51. The quantitative estimate of drug-likeness (QED) is 0.723. The van der Waals surface area contributed by atoms with Crippen LogP contribution in [0.2, 0.25) is 0 Å². The van der Waals surface area contributed by atoms with Gasteiger partial charge in [0.15, 0.2) is 0 Å². The number of nitrogens with zero attached hydrogens (tertiary/aromatic N) is 5. The van der Waals surface area contributed by atoms with E-state index < -0.39 is 6.17 Å². The lowest BCUT2D eigenvalue weighted by Crippen LogP contribution is -2.51. The molecule has 0 atom stereocenters. The van der Waals surface area contributed by atoms with E-state index in [0.29, 0.717) is 37.4 Å². The molecule has 2 aliphatic heterocycles. The van der Waals surface area contributed by atoms with Crippen LogP contribution in [0.3, 0.4) is 0 Å². The number of fused-ring (bicyclic) bond motifs is 1. The van der Waals surface area contributed by atoms with Crippen LogP contribution in [0, 0.1) is 0 Å². The number of aliphatic imine (C=N–C) groups is 1.